The zero-order chi connectivity index (χ0) is 14.5. The molecule has 0 N–H and O–H groups in total. The lowest BCUT2D eigenvalue weighted by molar-refractivity contribution is -0.145. The average molecular weight is 285 g/mol. The molecule has 1 atom stereocenters. The molecule has 1 heterocycles. The van der Waals surface area contributed by atoms with Gasteiger partial charge < -0.3 is 9.47 Å². The number of carbonyl (C=O) groups is 1. The number of esters is 1. The minimum Gasteiger partial charge on any atom is -0.469 e. The van der Waals surface area contributed by atoms with Crippen molar-refractivity contribution in [2.75, 3.05) is 26.8 Å². The summed E-state index contributed by atoms with van der Waals surface area (Å²) in [6.45, 7) is 2.26. The topological polar surface area (TPSA) is 38.8 Å². The lowest BCUT2D eigenvalue weighted by atomic mass is 10.1. The van der Waals surface area contributed by atoms with Gasteiger partial charge in [-0.15, -0.1) is 0 Å². The Hall–Kier alpha value is -1.53. The second-order valence-corrected chi connectivity index (χ2v) is 4.76. The SMILES string of the molecule is COC(=O)CC1CN(Cc2ccc(F)c(F)c2)CCO1. The fourth-order valence-electron chi connectivity index (χ4n) is 2.21. The molecule has 1 aliphatic rings. The van der Waals surface area contributed by atoms with Crippen molar-refractivity contribution in [3.8, 4) is 0 Å². The normalized spacial score (nSPS) is 19.9. The summed E-state index contributed by atoms with van der Waals surface area (Å²) in [6, 6.07) is 3.88. The molecule has 0 bridgehead atoms. The van der Waals surface area contributed by atoms with Crippen LogP contribution in [0.4, 0.5) is 8.78 Å². The summed E-state index contributed by atoms with van der Waals surface area (Å²) >= 11 is 0. The van der Waals surface area contributed by atoms with Gasteiger partial charge in [0.2, 0.25) is 0 Å². The summed E-state index contributed by atoms with van der Waals surface area (Å²) in [5.74, 6) is -2.01. The highest BCUT2D eigenvalue weighted by molar-refractivity contribution is 5.69. The van der Waals surface area contributed by atoms with Crippen LogP contribution in [-0.2, 0) is 20.8 Å². The van der Waals surface area contributed by atoms with Crippen LogP contribution in [0.3, 0.4) is 0 Å². The molecule has 0 aliphatic carbocycles. The maximum Gasteiger partial charge on any atom is 0.308 e. The van der Waals surface area contributed by atoms with Gasteiger partial charge in [-0.2, -0.15) is 0 Å². The third-order valence-corrected chi connectivity index (χ3v) is 3.24. The third kappa shape index (κ3) is 3.98. The van der Waals surface area contributed by atoms with Crippen LogP contribution in [0.1, 0.15) is 12.0 Å². The fraction of sp³-hybridized carbons (Fsp3) is 0.500. The molecule has 1 aliphatic heterocycles. The predicted molar refractivity (Wildman–Crippen MR) is 68.0 cm³/mol. The number of rotatable bonds is 4. The molecule has 0 spiro atoms. The Morgan fingerprint density at radius 2 is 2.25 bits per heavy atom. The van der Waals surface area contributed by atoms with Crippen LogP contribution >= 0.6 is 0 Å². The van der Waals surface area contributed by atoms with E-state index < -0.39 is 11.6 Å². The summed E-state index contributed by atoms with van der Waals surface area (Å²) in [5, 5.41) is 0. The zero-order valence-corrected chi connectivity index (χ0v) is 11.3. The van der Waals surface area contributed by atoms with Crippen LogP contribution in [0.5, 0.6) is 0 Å². The van der Waals surface area contributed by atoms with Gasteiger partial charge in [0, 0.05) is 19.6 Å². The number of benzene rings is 1. The lowest BCUT2D eigenvalue weighted by Gasteiger charge is -2.32. The van der Waals surface area contributed by atoms with Crippen molar-refractivity contribution in [3.63, 3.8) is 0 Å². The highest BCUT2D eigenvalue weighted by atomic mass is 19.2. The van der Waals surface area contributed by atoms with Crippen molar-refractivity contribution in [2.24, 2.45) is 0 Å². The number of hydrogen-bond acceptors (Lipinski definition) is 4. The van der Waals surface area contributed by atoms with E-state index in [1.165, 1.54) is 13.2 Å². The minimum absolute atomic E-state index is 0.199. The molecule has 1 saturated heterocycles. The van der Waals surface area contributed by atoms with Gasteiger partial charge in [0.05, 0.1) is 26.2 Å². The summed E-state index contributed by atoms with van der Waals surface area (Å²) in [5.41, 5.74) is 0.697. The van der Waals surface area contributed by atoms with E-state index in [1.807, 2.05) is 4.90 Å². The second kappa shape index (κ2) is 6.76. The molecule has 4 nitrogen and oxygen atoms in total. The molecule has 1 aromatic carbocycles. The number of ether oxygens (including phenoxy) is 2. The monoisotopic (exact) mass is 285 g/mol. The maximum absolute atomic E-state index is 13.1. The van der Waals surface area contributed by atoms with Crippen LogP contribution in [0.15, 0.2) is 18.2 Å². The Bertz CT molecular complexity index is 481. The van der Waals surface area contributed by atoms with Crippen molar-refractivity contribution >= 4 is 5.97 Å². The minimum atomic E-state index is -0.848. The average Bonchev–Trinajstić information content (AvgIpc) is 2.43. The van der Waals surface area contributed by atoms with Gasteiger partial charge in [-0.3, -0.25) is 9.69 Å². The first-order chi connectivity index (χ1) is 9.58. The molecule has 0 aromatic heterocycles. The van der Waals surface area contributed by atoms with E-state index in [9.17, 15) is 13.6 Å². The van der Waals surface area contributed by atoms with Crippen molar-refractivity contribution in [3.05, 3.63) is 35.4 Å². The molecule has 20 heavy (non-hydrogen) atoms. The van der Waals surface area contributed by atoms with Crippen LogP contribution < -0.4 is 0 Å². The fourth-order valence-corrected chi connectivity index (χ4v) is 2.21. The molecule has 1 fully saturated rings. The molecule has 0 amide bonds. The molecular weight excluding hydrogens is 268 g/mol. The van der Waals surface area contributed by atoms with Gasteiger partial charge in [0.25, 0.3) is 0 Å². The second-order valence-electron chi connectivity index (χ2n) is 4.76. The summed E-state index contributed by atoms with van der Waals surface area (Å²) in [6.07, 6.45) is -0.0217. The molecule has 6 heteroatoms. The molecule has 1 unspecified atom stereocenters. The number of carbonyl (C=O) groups excluding carboxylic acids is 1. The van der Waals surface area contributed by atoms with E-state index in [0.29, 0.717) is 31.8 Å². The van der Waals surface area contributed by atoms with E-state index >= 15 is 0 Å². The molecule has 0 radical (unpaired) electrons. The molecule has 110 valence electrons. The van der Waals surface area contributed by atoms with Gasteiger partial charge in [-0.1, -0.05) is 6.07 Å². The Morgan fingerprint density at radius 1 is 1.45 bits per heavy atom. The zero-order valence-electron chi connectivity index (χ0n) is 11.3. The highest BCUT2D eigenvalue weighted by Crippen LogP contribution is 2.15. The van der Waals surface area contributed by atoms with Crippen molar-refractivity contribution in [2.45, 2.75) is 19.1 Å². The lowest BCUT2D eigenvalue weighted by Crippen LogP contribution is -2.42. The van der Waals surface area contributed by atoms with E-state index in [1.54, 1.807) is 6.07 Å². The van der Waals surface area contributed by atoms with E-state index in [-0.39, 0.29) is 18.5 Å². The van der Waals surface area contributed by atoms with Crippen LogP contribution in [0.2, 0.25) is 0 Å². The third-order valence-electron chi connectivity index (χ3n) is 3.24. The Balaban J connectivity index is 1.92. The van der Waals surface area contributed by atoms with Crippen LogP contribution in [0, 0.1) is 11.6 Å². The van der Waals surface area contributed by atoms with Gasteiger partial charge >= 0.3 is 5.97 Å². The highest BCUT2D eigenvalue weighted by Gasteiger charge is 2.23. The molecule has 1 aromatic rings. The van der Waals surface area contributed by atoms with E-state index in [2.05, 4.69) is 4.74 Å². The van der Waals surface area contributed by atoms with E-state index in [4.69, 9.17) is 4.74 Å². The number of nitrogens with zero attached hydrogens (tertiary/aromatic N) is 1. The Morgan fingerprint density at radius 3 is 2.95 bits per heavy atom. The summed E-state index contributed by atoms with van der Waals surface area (Å²) in [4.78, 5) is 13.3. The number of methoxy groups -OCH3 is 1. The van der Waals surface area contributed by atoms with Crippen LogP contribution in [-0.4, -0.2) is 43.8 Å². The Labute approximate surface area is 116 Å². The summed E-state index contributed by atoms with van der Waals surface area (Å²) in [7, 11) is 1.34. The van der Waals surface area contributed by atoms with Gasteiger partial charge in [-0.25, -0.2) is 8.78 Å². The largest absolute Gasteiger partial charge is 0.469 e. The summed E-state index contributed by atoms with van der Waals surface area (Å²) < 4.78 is 36.1. The first-order valence-electron chi connectivity index (χ1n) is 6.43. The molecule has 0 saturated carbocycles. The van der Waals surface area contributed by atoms with Gasteiger partial charge in [0.1, 0.15) is 0 Å². The maximum atomic E-state index is 13.1. The van der Waals surface area contributed by atoms with Crippen molar-refractivity contribution in [1.29, 1.82) is 0 Å². The van der Waals surface area contributed by atoms with Gasteiger partial charge in [-0.05, 0) is 17.7 Å². The van der Waals surface area contributed by atoms with Gasteiger partial charge in [0.15, 0.2) is 11.6 Å². The predicted octanol–water partition coefficient (Wildman–Crippen LogP) is 1.73. The smallest absolute Gasteiger partial charge is 0.308 e. The first-order valence-corrected chi connectivity index (χ1v) is 6.43. The number of hydrogen-bond donors (Lipinski definition) is 0. The van der Waals surface area contributed by atoms with Crippen LogP contribution in [0.25, 0.3) is 0 Å². The Kier molecular flexibility index (Phi) is 5.03. The molecular formula is C14H17F2NO3. The molecule has 2 rings (SSSR count). The van der Waals surface area contributed by atoms with E-state index in [0.717, 1.165) is 6.07 Å². The van der Waals surface area contributed by atoms with Crippen molar-refractivity contribution < 1.29 is 23.0 Å². The number of halogens is 2. The number of morpholine rings is 1. The quantitative estimate of drug-likeness (QED) is 0.790. The standard InChI is InChI=1S/C14H17F2NO3/c1-19-14(18)7-11-9-17(4-5-20-11)8-10-2-3-12(15)13(16)6-10/h2-3,6,11H,4-5,7-9H2,1H3. The van der Waals surface area contributed by atoms with Crippen molar-refractivity contribution in [1.82, 2.24) is 4.90 Å². The first kappa shape index (κ1) is 14.9.